The smallest absolute Gasteiger partial charge is 0.240 e. The standard InChI is InChI=1S/C23H28N6O3/c24-23(30)21(13-4-5-13)27-15-9-16-19-17(10-15)31-8-6-25-22(19)20(28-16)14-11-26-29(12-14)18-3-1-2-7-32-18/h9-13,18,21,25,27-28H,1-8H2,(H2,24,30)/t18?,21-/m0/s1. The number of aromatic nitrogens is 3. The van der Waals surface area contributed by atoms with Crippen molar-refractivity contribution in [2.24, 2.45) is 11.7 Å². The van der Waals surface area contributed by atoms with E-state index < -0.39 is 0 Å². The Morgan fingerprint density at radius 3 is 2.94 bits per heavy atom. The van der Waals surface area contributed by atoms with Crippen molar-refractivity contribution in [1.82, 2.24) is 14.8 Å². The molecule has 3 aromatic rings. The van der Waals surface area contributed by atoms with Crippen LogP contribution < -0.4 is 21.1 Å². The van der Waals surface area contributed by atoms with Crippen molar-refractivity contribution >= 4 is 28.2 Å². The molecule has 2 fully saturated rings. The average Bonchev–Trinajstić information content (AvgIpc) is 3.46. The summed E-state index contributed by atoms with van der Waals surface area (Å²) in [4.78, 5) is 15.5. The molecule has 0 spiro atoms. The van der Waals surface area contributed by atoms with Gasteiger partial charge in [0.25, 0.3) is 0 Å². The summed E-state index contributed by atoms with van der Waals surface area (Å²) < 4.78 is 13.9. The molecular formula is C23H28N6O3. The molecule has 1 saturated heterocycles. The van der Waals surface area contributed by atoms with E-state index in [1.54, 1.807) is 0 Å². The lowest BCUT2D eigenvalue weighted by Crippen LogP contribution is -2.37. The SMILES string of the molecule is NC(=O)[C@@H](Nc1cc2c3c(c(-c4cnn(C5CCCCO5)c4)[nH]c3c1)NCCO2)C1CC1. The van der Waals surface area contributed by atoms with E-state index in [1.165, 1.54) is 0 Å². The first-order valence-electron chi connectivity index (χ1n) is 11.5. The van der Waals surface area contributed by atoms with Crippen LogP contribution in [0.5, 0.6) is 5.75 Å². The number of ether oxygens (including phenoxy) is 2. The number of primary amides is 1. The van der Waals surface area contributed by atoms with Crippen molar-refractivity contribution in [3.63, 3.8) is 0 Å². The minimum Gasteiger partial charge on any atom is -0.491 e. The van der Waals surface area contributed by atoms with Crippen LogP contribution >= 0.6 is 0 Å². The highest BCUT2D eigenvalue weighted by atomic mass is 16.5. The highest BCUT2D eigenvalue weighted by Gasteiger charge is 2.35. The molecule has 9 nitrogen and oxygen atoms in total. The van der Waals surface area contributed by atoms with Gasteiger partial charge in [0.05, 0.1) is 28.5 Å². The highest BCUT2D eigenvalue weighted by Crippen LogP contribution is 2.43. The third-order valence-corrected chi connectivity index (χ3v) is 6.59. The second-order valence-corrected chi connectivity index (χ2v) is 8.94. The van der Waals surface area contributed by atoms with Crippen LogP contribution in [0, 0.1) is 5.92 Å². The topological polar surface area (TPSA) is 119 Å². The Kier molecular flexibility index (Phi) is 4.71. The van der Waals surface area contributed by atoms with Crippen LogP contribution in [0.4, 0.5) is 11.4 Å². The molecule has 5 N–H and O–H groups in total. The van der Waals surface area contributed by atoms with Crippen LogP contribution in [0.25, 0.3) is 22.2 Å². The van der Waals surface area contributed by atoms with E-state index >= 15 is 0 Å². The van der Waals surface area contributed by atoms with Gasteiger partial charge < -0.3 is 30.8 Å². The number of carbonyl (C=O) groups is 1. The first-order chi connectivity index (χ1) is 15.7. The largest absolute Gasteiger partial charge is 0.491 e. The molecular weight excluding hydrogens is 408 g/mol. The summed E-state index contributed by atoms with van der Waals surface area (Å²) in [5.74, 6) is 0.785. The molecule has 9 heteroatoms. The van der Waals surface area contributed by atoms with Gasteiger partial charge >= 0.3 is 0 Å². The van der Waals surface area contributed by atoms with Crippen LogP contribution in [0.15, 0.2) is 24.5 Å². The monoisotopic (exact) mass is 436 g/mol. The highest BCUT2D eigenvalue weighted by molar-refractivity contribution is 6.06. The summed E-state index contributed by atoms with van der Waals surface area (Å²) in [6.45, 7) is 2.04. The Labute approximate surface area is 185 Å². The van der Waals surface area contributed by atoms with E-state index in [0.29, 0.717) is 19.1 Å². The zero-order chi connectivity index (χ0) is 21.7. The number of anilines is 2. The quantitative estimate of drug-likeness (QED) is 0.471. The number of hydrogen-bond donors (Lipinski definition) is 4. The van der Waals surface area contributed by atoms with E-state index in [4.69, 9.17) is 15.2 Å². The van der Waals surface area contributed by atoms with Gasteiger partial charge in [0.15, 0.2) is 0 Å². The van der Waals surface area contributed by atoms with Crippen molar-refractivity contribution in [1.29, 1.82) is 0 Å². The maximum absolute atomic E-state index is 11.9. The number of carbonyl (C=O) groups excluding carboxylic acids is 1. The van der Waals surface area contributed by atoms with Gasteiger partial charge in [-0.1, -0.05) is 0 Å². The van der Waals surface area contributed by atoms with Gasteiger partial charge in [0, 0.05) is 36.7 Å². The summed E-state index contributed by atoms with van der Waals surface area (Å²) in [7, 11) is 0. The van der Waals surface area contributed by atoms with Crippen molar-refractivity contribution in [2.45, 2.75) is 44.4 Å². The van der Waals surface area contributed by atoms with Crippen molar-refractivity contribution in [3.05, 3.63) is 24.5 Å². The predicted molar refractivity (Wildman–Crippen MR) is 122 cm³/mol. The second-order valence-electron chi connectivity index (χ2n) is 8.94. The lowest BCUT2D eigenvalue weighted by molar-refractivity contribution is -0.119. The number of hydrogen-bond acceptors (Lipinski definition) is 6. The van der Waals surface area contributed by atoms with Gasteiger partial charge in [-0.05, 0) is 44.1 Å². The molecule has 1 saturated carbocycles. The molecule has 4 heterocycles. The molecule has 1 amide bonds. The Hall–Kier alpha value is -3.20. The number of rotatable bonds is 6. The van der Waals surface area contributed by atoms with Gasteiger partial charge in [-0.2, -0.15) is 5.10 Å². The molecule has 2 atom stereocenters. The molecule has 0 radical (unpaired) electrons. The number of benzene rings is 1. The third kappa shape index (κ3) is 3.46. The normalized spacial score (nSPS) is 21.4. The molecule has 6 rings (SSSR count). The second kappa shape index (κ2) is 7.74. The van der Waals surface area contributed by atoms with E-state index in [0.717, 1.165) is 78.0 Å². The summed E-state index contributed by atoms with van der Waals surface area (Å²) in [6.07, 6.45) is 9.22. The maximum atomic E-state index is 11.9. The van der Waals surface area contributed by atoms with Crippen LogP contribution in [0.2, 0.25) is 0 Å². The first-order valence-corrected chi connectivity index (χ1v) is 11.5. The molecule has 3 aliphatic rings. The first kappa shape index (κ1) is 19.5. The zero-order valence-electron chi connectivity index (χ0n) is 17.9. The average molecular weight is 437 g/mol. The van der Waals surface area contributed by atoms with Crippen LogP contribution in [0.1, 0.15) is 38.3 Å². The Bertz CT molecular complexity index is 1160. The number of amides is 1. The number of H-pyrrole nitrogens is 1. The summed E-state index contributed by atoms with van der Waals surface area (Å²) in [5.41, 5.74) is 10.4. The fraction of sp³-hybridized carbons (Fsp3) is 0.478. The molecule has 1 aliphatic carbocycles. The van der Waals surface area contributed by atoms with Gasteiger partial charge in [0.1, 0.15) is 24.6 Å². The van der Waals surface area contributed by atoms with E-state index in [-0.39, 0.29) is 18.2 Å². The minimum absolute atomic E-state index is 0.00294. The zero-order valence-corrected chi connectivity index (χ0v) is 17.9. The van der Waals surface area contributed by atoms with Crippen molar-refractivity contribution < 1.29 is 14.3 Å². The number of nitrogens with two attached hydrogens (primary N) is 1. The molecule has 2 aromatic heterocycles. The lowest BCUT2D eigenvalue weighted by Gasteiger charge is -2.22. The predicted octanol–water partition coefficient (Wildman–Crippen LogP) is 3.21. The van der Waals surface area contributed by atoms with Gasteiger partial charge in [0.2, 0.25) is 5.91 Å². The van der Waals surface area contributed by atoms with Gasteiger partial charge in [-0.25, -0.2) is 4.68 Å². The van der Waals surface area contributed by atoms with Crippen LogP contribution in [-0.4, -0.2) is 46.5 Å². The van der Waals surface area contributed by atoms with Gasteiger partial charge in [-0.3, -0.25) is 4.79 Å². The fourth-order valence-electron chi connectivity index (χ4n) is 4.81. The molecule has 1 unspecified atom stereocenters. The lowest BCUT2D eigenvalue weighted by atomic mass is 10.1. The third-order valence-electron chi connectivity index (χ3n) is 6.59. The summed E-state index contributed by atoms with van der Waals surface area (Å²) >= 11 is 0. The Morgan fingerprint density at radius 2 is 2.16 bits per heavy atom. The minimum atomic E-state index is -0.355. The van der Waals surface area contributed by atoms with E-state index in [2.05, 4.69) is 20.7 Å². The van der Waals surface area contributed by atoms with E-state index in [1.807, 2.05) is 29.2 Å². The van der Waals surface area contributed by atoms with Crippen LogP contribution in [-0.2, 0) is 9.53 Å². The van der Waals surface area contributed by atoms with Crippen LogP contribution in [0.3, 0.4) is 0 Å². The molecule has 2 aliphatic heterocycles. The summed E-state index contributed by atoms with van der Waals surface area (Å²) in [6, 6.07) is 3.63. The number of nitrogens with one attached hydrogen (secondary N) is 3. The summed E-state index contributed by atoms with van der Waals surface area (Å²) in [5, 5.41) is 12.4. The fourth-order valence-corrected chi connectivity index (χ4v) is 4.81. The molecule has 0 bridgehead atoms. The Balaban J connectivity index is 1.38. The maximum Gasteiger partial charge on any atom is 0.240 e. The van der Waals surface area contributed by atoms with Crippen molar-refractivity contribution in [2.75, 3.05) is 30.4 Å². The number of nitrogens with zero attached hydrogens (tertiary/aromatic N) is 2. The molecule has 1 aromatic carbocycles. The molecule has 168 valence electrons. The van der Waals surface area contributed by atoms with Crippen molar-refractivity contribution in [3.8, 4) is 17.0 Å². The molecule has 32 heavy (non-hydrogen) atoms. The number of aromatic amines is 1. The Morgan fingerprint density at radius 1 is 1.25 bits per heavy atom. The van der Waals surface area contributed by atoms with Gasteiger partial charge in [-0.15, -0.1) is 0 Å². The van der Waals surface area contributed by atoms with E-state index in [9.17, 15) is 4.79 Å².